The first-order chi connectivity index (χ1) is 11.7. The minimum absolute atomic E-state index is 0. The van der Waals surface area contributed by atoms with Crippen LogP contribution < -0.4 is 11.1 Å². The predicted molar refractivity (Wildman–Crippen MR) is 106 cm³/mol. The summed E-state index contributed by atoms with van der Waals surface area (Å²) in [4.78, 5) is 27.1. The van der Waals surface area contributed by atoms with Gasteiger partial charge in [0, 0.05) is 29.6 Å². The number of aromatic nitrogens is 1. The number of rotatable bonds is 7. The fourth-order valence-electron chi connectivity index (χ4n) is 2.66. The molecule has 0 radical (unpaired) electrons. The van der Waals surface area contributed by atoms with Gasteiger partial charge < -0.3 is 11.1 Å². The number of nitrogens with zero attached hydrogens (tertiary/aromatic N) is 2. The molecule has 26 heavy (non-hydrogen) atoms. The number of carbonyl (C=O) groups excluding carboxylic acids is 1. The number of nitro benzene ring substituents is 1. The Morgan fingerprint density at radius 3 is 2.50 bits per heavy atom. The van der Waals surface area contributed by atoms with Crippen molar-refractivity contribution in [2.45, 2.75) is 32.7 Å². The zero-order valence-electron chi connectivity index (χ0n) is 14.9. The van der Waals surface area contributed by atoms with Crippen LogP contribution in [0, 0.1) is 16.0 Å². The van der Waals surface area contributed by atoms with E-state index in [9.17, 15) is 14.9 Å². The van der Waals surface area contributed by atoms with Crippen LogP contribution in [0.4, 0.5) is 5.69 Å². The molecule has 0 saturated heterocycles. The third-order valence-corrected chi connectivity index (χ3v) is 4.68. The number of carbonyl (C=O) groups is 1. The molecule has 1 amide bonds. The summed E-state index contributed by atoms with van der Waals surface area (Å²) in [5.41, 5.74) is 6.42. The highest BCUT2D eigenvalue weighted by molar-refractivity contribution is 7.13. The highest BCUT2D eigenvalue weighted by Crippen LogP contribution is 2.26. The van der Waals surface area contributed by atoms with Gasteiger partial charge in [-0.2, -0.15) is 0 Å². The Hall–Kier alpha value is -2.03. The van der Waals surface area contributed by atoms with Crippen LogP contribution in [0.2, 0.25) is 0 Å². The van der Waals surface area contributed by atoms with Gasteiger partial charge in [0.15, 0.2) is 0 Å². The number of nitrogens with one attached hydrogen (secondary N) is 1. The fourth-order valence-corrected chi connectivity index (χ4v) is 3.47. The molecule has 2 rings (SSSR count). The first kappa shape index (κ1) is 22.0. The number of hydrogen-bond donors (Lipinski definition) is 2. The van der Waals surface area contributed by atoms with Crippen LogP contribution in [0.15, 0.2) is 29.6 Å². The molecule has 2 aromatic rings. The molecule has 0 aliphatic carbocycles. The van der Waals surface area contributed by atoms with Gasteiger partial charge in [0.25, 0.3) is 11.6 Å². The van der Waals surface area contributed by atoms with Gasteiger partial charge in [-0.15, -0.1) is 23.7 Å². The van der Waals surface area contributed by atoms with Crippen molar-refractivity contribution < 1.29 is 9.72 Å². The molecule has 0 aliphatic rings. The van der Waals surface area contributed by atoms with Gasteiger partial charge >= 0.3 is 0 Å². The van der Waals surface area contributed by atoms with Gasteiger partial charge in [-0.05, 0) is 31.4 Å². The summed E-state index contributed by atoms with van der Waals surface area (Å²) in [7, 11) is 0. The number of amides is 1. The zero-order chi connectivity index (χ0) is 18.6. The normalized spacial score (nSPS) is 13.0. The van der Waals surface area contributed by atoms with E-state index < -0.39 is 10.5 Å². The van der Waals surface area contributed by atoms with E-state index in [0.29, 0.717) is 23.2 Å². The lowest BCUT2D eigenvalue weighted by molar-refractivity contribution is -0.384. The first-order valence-electron chi connectivity index (χ1n) is 7.97. The Morgan fingerprint density at radius 2 is 2.00 bits per heavy atom. The second-order valence-corrected chi connectivity index (χ2v) is 7.52. The van der Waals surface area contributed by atoms with Crippen molar-refractivity contribution in [3.05, 3.63) is 45.5 Å². The molecular formula is C17H23ClN4O3S. The first-order valence-corrected chi connectivity index (χ1v) is 8.85. The summed E-state index contributed by atoms with van der Waals surface area (Å²) >= 11 is 1.32. The highest BCUT2D eigenvalue weighted by Gasteiger charge is 2.27. The number of benzene rings is 1. The average Bonchev–Trinajstić information content (AvgIpc) is 3.04. The molecule has 0 bridgehead atoms. The van der Waals surface area contributed by atoms with E-state index in [1.807, 2.05) is 6.92 Å². The van der Waals surface area contributed by atoms with Gasteiger partial charge in [0.05, 0.1) is 10.5 Å². The molecular weight excluding hydrogens is 376 g/mol. The minimum atomic E-state index is -0.484. The van der Waals surface area contributed by atoms with E-state index in [0.717, 1.165) is 12.0 Å². The van der Waals surface area contributed by atoms with Crippen LogP contribution in [0.1, 0.15) is 37.7 Å². The molecule has 1 heterocycles. The third-order valence-electron chi connectivity index (χ3n) is 3.79. The van der Waals surface area contributed by atoms with Crippen molar-refractivity contribution in [1.82, 2.24) is 10.3 Å². The van der Waals surface area contributed by atoms with E-state index in [1.54, 1.807) is 17.5 Å². The fraction of sp³-hybridized carbons (Fsp3) is 0.412. The molecule has 7 nitrogen and oxygen atoms in total. The molecule has 1 aromatic carbocycles. The van der Waals surface area contributed by atoms with E-state index in [-0.39, 0.29) is 24.0 Å². The van der Waals surface area contributed by atoms with Crippen molar-refractivity contribution >= 4 is 35.3 Å². The summed E-state index contributed by atoms with van der Waals surface area (Å²) in [6, 6.07) is 6.10. The Morgan fingerprint density at radius 1 is 1.38 bits per heavy atom. The maximum Gasteiger partial charge on any atom is 0.271 e. The van der Waals surface area contributed by atoms with Gasteiger partial charge in [-0.3, -0.25) is 14.9 Å². The largest absolute Gasteiger partial charge is 0.344 e. The smallest absolute Gasteiger partial charge is 0.271 e. The van der Waals surface area contributed by atoms with Crippen LogP contribution in [-0.2, 0) is 0 Å². The van der Waals surface area contributed by atoms with Crippen molar-refractivity contribution in [2.75, 3.05) is 6.54 Å². The lowest BCUT2D eigenvalue weighted by atomic mass is 9.90. The molecule has 3 N–H and O–H groups in total. The van der Waals surface area contributed by atoms with Crippen molar-refractivity contribution in [2.24, 2.45) is 11.7 Å². The molecule has 0 fully saturated rings. The zero-order valence-corrected chi connectivity index (χ0v) is 16.5. The molecule has 1 atom stereocenters. The molecule has 0 aliphatic heterocycles. The number of thiazole rings is 1. The Labute approximate surface area is 162 Å². The second-order valence-electron chi connectivity index (χ2n) is 6.66. The van der Waals surface area contributed by atoms with Gasteiger partial charge in [0.2, 0.25) is 0 Å². The molecule has 0 saturated carbocycles. The monoisotopic (exact) mass is 398 g/mol. The van der Waals surface area contributed by atoms with E-state index in [1.165, 1.54) is 23.5 Å². The van der Waals surface area contributed by atoms with Gasteiger partial charge in [0.1, 0.15) is 10.7 Å². The number of non-ortho nitro benzene ring substituents is 1. The number of hydrogen-bond acceptors (Lipinski definition) is 6. The molecule has 142 valence electrons. The molecule has 1 unspecified atom stereocenters. The predicted octanol–water partition coefficient (Wildman–Crippen LogP) is 3.63. The molecule has 0 spiro atoms. The summed E-state index contributed by atoms with van der Waals surface area (Å²) < 4.78 is 0. The molecule has 1 aromatic heterocycles. The quantitative estimate of drug-likeness (QED) is 0.546. The minimum Gasteiger partial charge on any atom is -0.344 e. The van der Waals surface area contributed by atoms with Crippen LogP contribution in [0.25, 0.3) is 10.6 Å². The van der Waals surface area contributed by atoms with Crippen LogP contribution in [-0.4, -0.2) is 27.9 Å². The highest BCUT2D eigenvalue weighted by atomic mass is 35.5. The topological polar surface area (TPSA) is 111 Å². The van der Waals surface area contributed by atoms with Crippen molar-refractivity contribution in [3.63, 3.8) is 0 Å². The summed E-state index contributed by atoms with van der Waals surface area (Å²) in [5, 5.41) is 16.0. The lowest BCUT2D eigenvalue weighted by Crippen LogP contribution is -2.52. The summed E-state index contributed by atoms with van der Waals surface area (Å²) in [6.07, 6.45) is 0.772. The maximum absolute atomic E-state index is 12.5. The Kier molecular flexibility index (Phi) is 7.68. The Balaban J connectivity index is 0.00000338. The maximum atomic E-state index is 12.5. The molecule has 9 heteroatoms. The third kappa shape index (κ3) is 5.48. The number of nitrogens with two attached hydrogens (primary N) is 1. The Bertz CT molecular complexity index is 764. The second kappa shape index (κ2) is 9.07. The average molecular weight is 399 g/mol. The summed E-state index contributed by atoms with van der Waals surface area (Å²) in [6.45, 7) is 6.43. The van der Waals surface area contributed by atoms with E-state index >= 15 is 0 Å². The van der Waals surface area contributed by atoms with Crippen LogP contribution in [0.5, 0.6) is 0 Å². The van der Waals surface area contributed by atoms with Crippen LogP contribution >= 0.6 is 23.7 Å². The van der Waals surface area contributed by atoms with Crippen molar-refractivity contribution in [3.8, 4) is 10.6 Å². The van der Waals surface area contributed by atoms with Gasteiger partial charge in [-0.25, -0.2) is 4.98 Å². The SMILES string of the molecule is CC(C)CC(C)(CN)NC(=O)c1csc(-c2ccc([N+](=O)[O-])cc2)n1.Cl. The standard InChI is InChI=1S/C17H22N4O3S.ClH/c1-11(2)8-17(3,10-18)20-15(22)14-9-25-16(19-14)12-4-6-13(7-5-12)21(23)24;/h4-7,9,11H,8,10,18H2,1-3H3,(H,20,22);1H. The van der Waals surface area contributed by atoms with E-state index in [2.05, 4.69) is 24.1 Å². The number of nitro groups is 1. The van der Waals surface area contributed by atoms with Crippen LogP contribution in [0.3, 0.4) is 0 Å². The van der Waals surface area contributed by atoms with Crippen molar-refractivity contribution in [1.29, 1.82) is 0 Å². The van der Waals surface area contributed by atoms with Gasteiger partial charge in [-0.1, -0.05) is 13.8 Å². The summed E-state index contributed by atoms with van der Waals surface area (Å²) in [5.74, 6) is 0.137. The number of halogens is 1. The lowest BCUT2D eigenvalue weighted by Gasteiger charge is -2.30. The van der Waals surface area contributed by atoms with E-state index in [4.69, 9.17) is 5.73 Å².